The third-order valence-electron chi connectivity index (χ3n) is 4.69. The van der Waals surface area contributed by atoms with Gasteiger partial charge in [0.2, 0.25) is 5.91 Å². The number of hydrogen-bond acceptors (Lipinski definition) is 4. The van der Waals surface area contributed by atoms with Crippen LogP contribution in [-0.4, -0.2) is 27.1 Å². The zero-order valence-electron chi connectivity index (χ0n) is 13.8. The van der Waals surface area contributed by atoms with E-state index < -0.39 is 10.0 Å². The van der Waals surface area contributed by atoms with Crippen LogP contribution < -0.4 is 9.62 Å². The van der Waals surface area contributed by atoms with Crippen molar-refractivity contribution in [2.75, 3.05) is 22.4 Å². The van der Waals surface area contributed by atoms with Crippen molar-refractivity contribution in [1.29, 1.82) is 0 Å². The summed E-state index contributed by atoms with van der Waals surface area (Å²) in [6.07, 6.45) is 3.66. The van der Waals surface area contributed by atoms with Crippen molar-refractivity contribution in [3.8, 4) is 0 Å². The summed E-state index contributed by atoms with van der Waals surface area (Å²) >= 11 is 1.50. The molecule has 2 heterocycles. The first-order valence-electron chi connectivity index (χ1n) is 8.11. The second kappa shape index (κ2) is 6.07. The lowest BCUT2D eigenvalue weighted by molar-refractivity contribution is -0.118. The fourth-order valence-electron chi connectivity index (χ4n) is 3.51. The van der Waals surface area contributed by atoms with Gasteiger partial charge in [0.15, 0.2) is 0 Å². The number of aryl methyl sites for hydroxylation is 1. The Morgan fingerprint density at radius 2 is 1.80 bits per heavy atom. The number of carbonyl (C=O) groups is 1. The number of amides is 1. The molecular formula is C18H18N2O3S2. The number of nitrogens with zero attached hydrogens (tertiary/aromatic N) is 1. The quantitative estimate of drug-likeness (QED) is 0.836. The van der Waals surface area contributed by atoms with E-state index in [4.69, 9.17) is 0 Å². The maximum atomic E-state index is 12.9. The molecule has 1 N–H and O–H groups in total. The highest BCUT2D eigenvalue weighted by molar-refractivity contribution is 7.99. The Kier molecular flexibility index (Phi) is 4.00. The summed E-state index contributed by atoms with van der Waals surface area (Å²) in [5.74, 6) is 0.133. The number of rotatable bonds is 4. The normalized spacial score (nSPS) is 16.0. The van der Waals surface area contributed by atoms with Crippen LogP contribution in [0.3, 0.4) is 0 Å². The molecule has 0 saturated carbocycles. The van der Waals surface area contributed by atoms with E-state index in [0.29, 0.717) is 31.5 Å². The number of sulfonamides is 1. The summed E-state index contributed by atoms with van der Waals surface area (Å²) in [7, 11) is -3.67. The van der Waals surface area contributed by atoms with Gasteiger partial charge in [0.25, 0.3) is 10.0 Å². The van der Waals surface area contributed by atoms with Crippen molar-refractivity contribution >= 4 is 39.1 Å². The molecule has 0 aromatic heterocycles. The molecule has 130 valence electrons. The van der Waals surface area contributed by atoms with Gasteiger partial charge in [-0.2, -0.15) is 0 Å². The minimum atomic E-state index is -3.67. The molecule has 7 heteroatoms. The van der Waals surface area contributed by atoms with Gasteiger partial charge in [-0.1, -0.05) is 12.1 Å². The van der Waals surface area contributed by atoms with Gasteiger partial charge >= 0.3 is 0 Å². The van der Waals surface area contributed by atoms with Gasteiger partial charge in [-0.05, 0) is 54.5 Å². The average Bonchev–Trinajstić information content (AvgIpc) is 3.04. The smallest absolute Gasteiger partial charge is 0.261 e. The first-order chi connectivity index (χ1) is 12.0. The summed E-state index contributed by atoms with van der Waals surface area (Å²) in [6.45, 7) is 0.646. The first kappa shape index (κ1) is 16.5. The van der Waals surface area contributed by atoms with Crippen molar-refractivity contribution in [1.82, 2.24) is 0 Å². The van der Waals surface area contributed by atoms with Crippen molar-refractivity contribution in [3.63, 3.8) is 0 Å². The molecule has 4 rings (SSSR count). The minimum absolute atomic E-state index is 0.133. The lowest BCUT2D eigenvalue weighted by atomic mass is 10.00. The van der Waals surface area contributed by atoms with Crippen LogP contribution in [0.15, 0.2) is 46.2 Å². The van der Waals surface area contributed by atoms with Gasteiger partial charge < -0.3 is 4.90 Å². The first-order valence-corrected chi connectivity index (χ1v) is 10.8. The zero-order valence-corrected chi connectivity index (χ0v) is 15.4. The Morgan fingerprint density at radius 1 is 1.08 bits per heavy atom. The number of nitrogens with one attached hydrogen (secondary N) is 1. The van der Waals surface area contributed by atoms with E-state index in [-0.39, 0.29) is 10.8 Å². The van der Waals surface area contributed by atoms with Gasteiger partial charge in [-0.3, -0.25) is 9.52 Å². The molecule has 0 unspecified atom stereocenters. The van der Waals surface area contributed by atoms with Crippen molar-refractivity contribution in [2.45, 2.75) is 29.1 Å². The third-order valence-corrected chi connectivity index (χ3v) is 6.83. The van der Waals surface area contributed by atoms with Crippen LogP contribution in [0.2, 0.25) is 0 Å². The summed E-state index contributed by atoms with van der Waals surface area (Å²) in [4.78, 5) is 15.0. The molecule has 0 bridgehead atoms. The molecule has 2 aliphatic heterocycles. The van der Waals surface area contributed by atoms with Crippen LogP contribution in [0.5, 0.6) is 0 Å². The van der Waals surface area contributed by atoms with E-state index in [1.807, 2.05) is 24.5 Å². The van der Waals surface area contributed by atoms with Crippen LogP contribution in [0.25, 0.3) is 0 Å². The highest BCUT2D eigenvalue weighted by atomic mass is 32.2. The fourth-order valence-corrected chi connectivity index (χ4v) is 5.31. The predicted octanol–water partition coefficient (Wildman–Crippen LogP) is 3.04. The minimum Gasteiger partial charge on any atom is -0.312 e. The highest BCUT2D eigenvalue weighted by Crippen LogP contribution is 2.39. The molecule has 2 aliphatic rings. The molecule has 0 saturated heterocycles. The van der Waals surface area contributed by atoms with E-state index >= 15 is 0 Å². The van der Waals surface area contributed by atoms with Crippen molar-refractivity contribution < 1.29 is 13.2 Å². The summed E-state index contributed by atoms with van der Waals surface area (Å²) in [6, 6.07) is 10.8. The number of anilines is 2. The molecule has 25 heavy (non-hydrogen) atoms. The molecule has 2 aromatic carbocycles. The number of hydrogen-bond donors (Lipinski definition) is 1. The van der Waals surface area contributed by atoms with E-state index in [1.54, 1.807) is 23.1 Å². The number of benzene rings is 2. The molecule has 0 aliphatic carbocycles. The Hall–Kier alpha value is -1.99. The molecule has 0 atom stereocenters. The molecule has 5 nitrogen and oxygen atoms in total. The lowest BCUT2D eigenvalue weighted by Crippen LogP contribution is -2.33. The average molecular weight is 374 g/mol. The summed E-state index contributed by atoms with van der Waals surface area (Å²) in [5.41, 5.74) is 3.41. The van der Waals surface area contributed by atoms with Gasteiger partial charge in [-0.15, -0.1) is 11.8 Å². The Balaban J connectivity index is 1.74. The molecular weight excluding hydrogens is 356 g/mol. The Labute approximate surface area is 151 Å². The monoisotopic (exact) mass is 374 g/mol. The highest BCUT2D eigenvalue weighted by Gasteiger charge is 2.33. The standard InChI is InChI=1S/C18H18N2O3S2/c1-24-16-5-3-2-4-15(16)19-25(22,23)14-10-12-6-7-17(21)20-9-8-13(11-14)18(12)20/h2-5,10-11,19H,6-9H2,1H3. The SMILES string of the molecule is CSc1ccccc1NS(=O)(=O)c1cc2c3c(c1)CCN3C(=O)CC2. The van der Waals surface area contributed by atoms with Crippen molar-refractivity contribution in [3.05, 3.63) is 47.5 Å². The second-order valence-electron chi connectivity index (χ2n) is 6.19. The number of carbonyl (C=O) groups excluding carboxylic acids is 1. The van der Waals surface area contributed by atoms with E-state index in [1.165, 1.54) is 11.8 Å². The third kappa shape index (κ3) is 2.81. The lowest BCUT2D eigenvalue weighted by Gasteiger charge is -2.25. The topological polar surface area (TPSA) is 66.5 Å². The molecule has 0 radical (unpaired) electrons. The van der Waals surface area contributed by atoms with Gasteiger partial charge in [0, 0.05) is 17.9 Å². The van der Waals surface area contributed by atoms with E-state index in [9.17, 15) is 13.2 Å². The van der Waals surface area contributed by atoms with Crippen LogP contribution in [0.4, 0.5) is 11.4 Å². The van der Waals surface area contributed by atoms with Gasteiger partial charge in [-0.25, -0.2) is 8.42 Å². The molecule has 0 fully saturated rings. The second-order valence-corrected chi connectivity index (χ2v) is 8.72. The van der Waals surface area contributed by atoms with Crippen LogP contribution in [0, 0.1) is 0 Å². The van der Waals surface area contributed by atoms with Crippen LogP contribution >= 0.6 is 11.8 Å². The van der Waals surface area contributed by atoms with Crippen LogP contribution in [0.1, 0.15) is 17.5 Å². The summed E-state index contributed by atoms with van der Waals surface area (Å²) < 4.78 is 28.5. The van der Waals surface area contributed by atoms with E-state index in [2.05, 4.69) is 4.72 Å². The fraction of sp³-hybridized carbons (Fsp3) is 0.278. The van der Waals surface area contributed by atoms with Gasteiger partial charge in [0.1, 0.15) is 0 Å². The number of para-hydroxylation sites is 1. The van der Waals surface area contributed by atoms with Crippen molar-refractivity contribution in [2.24, 2.45) is 0 Å². The maximum absolute atomic E-state index is 12.9. The summed E-state index contributed by atoms with van der Waals surface area (Å²) in [5, 5.41) is 0. The maximum Gasteiger partial charge on any atom is 0.261 e. The predicted molar refractivity (Wildman–Crippen MR) is 99.9 cm³/mol. The molecule has 2 aromatic rings. The largest absolute Gasteiger partial charge is 0.312 e. The zero-order chi connectivity index (χ0) is 17.6. The molecule has 1 amide bonds. The van der Waals surface area contributed by atoms with Crippen LogP contribution in [-0.2, 0) is 27.7 Å². The van der Waals surface area contributed by atoms with E-state index in [0.717, 1.165) is 21.7 Å². The van der Waals surface area contributed by atoms with Gasteiger partial charge in [0.05, 0.1) is 16.3 Å². The Morgan fingerprint density at radius 3 is 2.56 bits per heavy atom. The molecule has 0 spiro atoms. The number of thioether (sulfide) groups is 1. The Bertz CT molecular complexity index is 970.